The molecule has 1 N–H and O–H groups in total. The molecule has 0 aliphatic carbocycles. The fraction of sp³-hybridized carbons (Fsp3) is 0.368. The number of halogens is 4. The largest absolute Gasteiger partial charge is 0.416 e. The number of benzene rings is 2. The van der Waals surface area contributed by atoms with Crippen molar-refractivity contribution in [3.8, 4) is 0 Å². The minimum Gasteiger partial charge on any atom is -0.303 e. The first-order chi connectivity index (χ1) is 12.7. The quantitative estimate of drug-likeness (QED) is 0.778. The molecule has 0 spiro atoms. The Morgan fingerprint density at radius 1 is 1.00 bits per heavy atom. The van der Waals surface area contributed by atoms with E-state index in [0.29, 0.717) is 5.69 Å². The molecule has 9 heteroatoms. The van der Waals surface area contributed by atoms with Gasteiger partial charge in [-0.2, -0.15) is 13.2 Å². The van der Waals surface area contributed by atoms with Gasteiger partial charge in [0.25, 0.3) is 10.0 Å². The van der Waals surface area contributed by atoms with Crippen molar-refractivity contribution in [2.45, 2.75) is 30.8 Å². The summed E-state index contributed by atoms with van der Waals surface area (Å²) in [5, 5.41) is 0. The van der Waals surface area contributed by atoms with Gasteiger partial charge in [-0.1, -0.05) is 13.0 Å². The summed E-state index contributed by atoms with van der Waals surface area (Å²) in [6, 6.07) is 8.90. The molecule has 2 aromatic carbocycles. The fourth-order valence-electron chi connectivity index (χ4n) is 3.19. The Morgan fingerprint density at radius 2 is 1.61 bits per heavy atom. The lowest BCUT2D eigenvalue weighted by Crippen LogP contribution is -2.25. The first-order valence-electron chi connectivity index (χ1n) is 8.73. The number of rotatable bonds is 4. The van der Waals surface area contributed by atoms with E-state index in [1.165, 1.54) is 5.56 Å². The number of hydrogen-bond donors (Lipinski definition) is 1. The van der Waals surface area contributed by atoms with Gasteiger partial charge < -0.3 is 4.90 Å². The summed E-state index contributed by atoms with van der Waals surface area (Å²) in [5.41, 5.74) is 1.83. The first kappa shape index (κ1) is 22.5. The maximum atomic E-state index is 12.6. The van der Waals surface area contributed by atoms with Crippen molar-refractivity contribution < 1.29 is 21.6 Å². The molecule has 2 aromatic rings. The summed E-state index contributed by atoms with van der Waals surface area (Å²) in [6.45, 7) is 4.97. The molecule has 0 atom stereocenters. The topological polar surface area (TPSA) is 49.4 Å². The van der Waals surface area contributed by atoms with Crippen molar-refractivity contribution in [3.05, 3.63) is 59.2 Å². The van der Waals surface area contributed by atoms with Gasteiger partial charge in [-0.25, -0.2) is 8.42 Å². The van der Waals surface area contributed by atoms with E-state index in [2.05, 4.69) is 16.5 Å². The predicted octanol–water partition coefficient (Wildman–Crippen LogP) is 4.35. The van der Waals surface area contributed by atoms with Gasteiger partial charge in [-0.3, -0.25) is 4.72 Å². The first-order valence-corrected chi connectivity index (χ1v) is 10.2. The van der Waals surface area contributed by atoms with Gasteiger partial charge in [0.2, 0.25) is 0 Å². The number of hydrogen-bond acceptors (Lipinski definition) is 3. The summed E-state index contributed by atoms with van der Waals surface area (Å²) in [5.74, 6) is 0. The monoisotopic (exact) mass is 434 g/mol. The molecule has 1 heterocycles. The molecule has 0 saturated carbocycles. The Balaban J connectivity index is 0.00000280. The van der Waals surface area contributed by atoms with Crippen LogP contribution >= 0.6 is 12.4 Å². The fourth-order valence-corrected chi connectivity index (χ4v) is 4.24. The second-order valence-corrected chi connectivity index (χ2v) is 8.23. The summed E-state index contributed by atoms with van der Waals surface area (Å²) in [4.78, 5) is 2.13. The molecule has 0 fully saturated rings. The summed E-state index contributed by atoms with van der Waals surface area (Å²) >= 11 is 0. The van der Waals surface area contributed by atoms with E-state index < -0.39 is 21.8 Å². The van der Waals surface area contributed by atoms with Crippen LogP contribution in [0.25, 0.3) is 0 Å². The maximum absolute atomic E-state index is 12.6. The van der Waals surface area contributed by atoms with Crippen molar-refractivity contribution in [1.29, 1.82) is 0 Å². The number of anilines is 1. The molecule has 1 aliphatic heterocycles. The molecule has 0 unspecified atom stereocenters. The van der Waals surface area contributed by atoms with Gasteiger partial charge in [0.05, 0.1) is 10.5 Å². The zero-order valence-corrected chi connectivity index (χ0v) is 16.9. The Hall–Kier alpha value is -1.77. The van der Waals surface area contributed by atoms with E-state index >= 15 is 0 Å². The SMILES string of the molecule is CCN1CCc2ccc(NS(=O)(=O)c3ccc(C(F)(F)F)cc3)cc2CC1.Cl. The highest BCUT2D eigenvalue weighted by atomic mass is 35.5. The summed E-state index contributed by atoms with van der Waals surface area (Å²) in [7, 11) is -3.95. The molecule has 0 bridgehead atoms. The highest BCUT2D eigenvalue weighted by Gasteiger charge is 2.30. The number of fused-ring (bicyclic) bond motifs is 1. The third kappa shape index (κ3) is 5.18. The molecule has 4 nitrogen and oxygen atoms in total. The van der Waals surface area contributed by atoms with Crippen LogP contribution < -0.4 is 4.72 Å². The van der Waals surface area contributed by atoms with Crippen molar-refractivity contribution in [3.63, 3.8) is 0 Å². The molecular weight excluding hydrogens is 413 g/mol. The summed E-state index contributed by atoms with van der Waals surface area (Å²) < 4.78 is 65.4. The predicted molar refractivity (Wildman–Crippen MR) is 105 cm³/mol. The smallest absolute Gasteiger partial charge is 0.303 e. The molecule has 28 heavy (non-hydrogen) atoms. The Bertz CT molecular complexity index is 916. The molecule has 0 saturated heterocycles. The van der Waals surface area contributed by atoms with E-state index in [-0.39, 0.29) is 17.3 Å². The van der Waals surface area contributed by atoms with Gasteiger partial charge in [0, 0.05) is 18.8 Å². The molecular formula is C19H22ClF3N2O2S. The van der Waals surface area contributed by atoms with E-state index in [4.69, 9.17) is 0 Å². The van der Waals surface area contributed by atoms with Crippen LogP contribution in [-0.4, -0.2) is 33.0 Å². The number of alkyl halides is 3. The van der Waals surface area contributed by atoms with E-state index in [1.807, 2.05) is 12.1 Å². The van der Waals surface area contributed by atoms with Gasteiger partial charge in [-0.15, -0.1) is 12.4 Å². The molecule has 0 amide bonds. The van der Waals surface area contributed by atoms with E-state index in [9.17, 15) is 21.6 Å². The zero-order chi connectivity index (χ0) is 19.7. The third-order valence-corrected chi connectivity index (χ3v) is 6.19. The van der Waals surface area contributed by atoms with Crippen molar-refractivity contribution in [2.24, 2.45) is 0 Å². The number of nitrogens with one attached hydrogen (secondary N) is 1. The maximum Gasteiger partial charge on any atom is 0.416 e. The van der Waals surface area contributed by atoms with Crippen LogP contribution in [-0.2, 0) is 29.0 Å². The van der Waals surface area contributed by atoms with E-state index in [1.54, 1.807) is 6.07 Å². The van der Waals surface area contributed by atoms with Crippen LogP contribution in [0.15, 0.2) is 47.4 Å². The minimum absolute atomic E-state index is 0. The van der Waals surface area contributed by atoms with Gasteiger partial charge >= 0.3 is 6.18 Å². The minimum atomic E-state index is -4.50. The Labute approximate surface area is 169 Å². The highest BCUT2D eigenvalue weighted by Crippen LogP contribution is 2.30. The molecule has 154 valence electrons. The van der Waals surface area contributed by atoms with Gasteiger partial charge in [0.1, 0.15) is 0 Å². The van der Waals surface area contributed by atoms with Crippen molar-refractivity contribution >= 4 is 28.1 Å². The summed E-state index contributed by atoms with van der Waals surface area (Å²) in [6.07, 6.45) is -2.76. The number of likely N-dealkylation sites (N-methyl/N-ethyl adjacent to an activating group) is 1. The van der Waals surface area contributed by atoms with E-state index in [0.717, 1.165) is 62.3 Å². The highest BCUT2D eigenvalue weighted by molar-refractivity contribution is 7.92. The van der Waals surface area contributed by atoms with Crippen LogP contribution in [0.4, 0.5) is 18.9 Å². The average molecular weight is 435 g/mol. The third-order valence-electron chi connectivity index (χ3n) is 4.79. The molecule has 0 radical (unpaired) electrons. The van der Waals surface area contributed by atoms with Crippen molar-refractivity contribution in [1.82, 2.24) is 4.90 Å². The van der Waals surface area contributed by atoms with Crippen molar-refractivity contribution in [2.75, 3.05) is 24.4 Å². The number of sulfonamides is 1. The average Bonchev–Trinajstić information content (AvgIpc) is 2.82. The second kappa shape index (κ2) is 8.71. The van der Waals surface area contributed by atoms with Crippen LogP contribution in [0.2, 0.25) is 0 Å². The lowest BCUT2D eigenvalue weighted by Gasteiger charge is -2.16. The number of nitrogens with zero attached hydrogens (tertiary/aromatic N) is 1. The lowest BCUT2D eigenvalue weighted by molar-refractivity contribution is -0.137. The van der Waals surface area contributed by atoms with Crippen LogP contribution in [0.1, 0.15) is 23.6 Å². The van der Waals surface area contributed by atoms with Gasteiger partial charge in [0.15, 0.2) is 0 Å². The Kier molecular flexibility index (Phi) is 7.01. The molecule has 0 aromatic heterocycles. The van der Waals surface area contributed by atoms with Crippen LogP contribution in [0, 0.1) is 0 Å². The van der Waals surface area contributed by atoms with Crippen LogP contribution in [0.3, 0.4) is 0 Å². The lowest BCUT2D eigenvalue weighted by atomic mass is 10.0. The van der Waals surface area contributed by atoms with Crippen LogP contribution in [0.5, 0.6) is 0 Å². The molecule has 3 rings (SSSR count). The van der Waals surface area contributed by atoms with Gasteiger partial charge in [-0.05, 0) is 66.9 Å². The normalized spacial score (nSPS) is 15.3. The zero-order valence-electron chi connectivity index (χ0n) is 15.3. The Morgan fingerprint density at radius 3 is 2.18 bits per heavy atom. The standard InChI is InChI=1S/C19H21F3N2O2S.ClH/c1-2-24-11-9-14-3-6-17(13-15(14)10-12-24)23-27(25,26)18-7-4-16(5-8-18)19(20,21)22;/h3-8,13,23H,2,9-12H2,1H3;1H. The second-order valence-electron chi connectivity index (χ2n) is 6.55. The molecule has 1 aliphatic rings.